The zero-order valence-corrected chi connectivity index (χ0v) is 15.6. The normalized spacial score (nSPS) is 11.1. The Kier molecular flexibility index (Phi) is 5.31. The molecule has 0 heterocycles. The van der Waals surface area contributed by atoms with E-state index in [9.17, 15) is 23.3 Å². The molecule has 0 aliphatic carbocycles. The molecule has 0 fully saturated rings. The van der Waals surface area contributed by atoms with Gasteiger partial charge in [0, 0.05) is 18.7 Å². The second-order valence-electron chi connectivity index (χ2n) is 5.89. The molecule has 2 aromatic carbocycles. The monoisotopic (exact) mass is 377 g/mol. The van der Waals surface area contributed by atoms with Gasteiger partial charge in [-0.05, 0) is 43.7 Å². The number of hydrogen-bond acceptors (Lipinski definition) is 5. The second kappa shape index (κ2) is 7.12. The van der Waals surface area contributed by atoms with Crippen LogP contribution in [0.2, 0.25) is 0 Å². The molecule has 0 aliphatic heterocycles. The van der Waals surface area contributed by atoms with Crippen molar-refractivity contribution < 1.29 is 18.1 Å². The number of hydrogen-bond donors (Lipinski definition) is 1. The molecule has 0 unspecified atom stereocenters. The van der Waals surface area contributed by atoms with Gasteiger partial charge in [0.1, 0.15) is 0 Å². The van der Waals surface area contributed by atoms with Crippen LogP contribution in [0.4, 0.5) is 17.1 Å². The van der Waals surface area contributed by atoms with Crippen molar-refractivity contribution >= 4 is 33.0 Å². The predicted molar refractivity (Wildman–Crippen MR) is 100 cm³/mol. The minimum absolute atomic E-state index is 0.0795. The molecule has 1 N–H and O–H groups in total. The van der Waals surface area contributed by atoms with Gasteiger partial charge in [-0.25, -0.2) is 8.42 Å². The minimum atomic E-state index is -3.41. The van der Waals surface area contributed by atoms with E-state index in [2.05, 4.69) is 5.32 Å². The summed E-state index contributed by atoms with van der Waals surface area (Å²) >= 11 is 0. The average Bonchev–Trinajstić information content (AvgIpc) is 2.54. The van der Waals surface area contributed by atoms with Crippen molar-refractivity contribution in [3.8, 4) is 0 Å². The largest absolute Gasteiger partial charge is 0.321 e. The number of rotatable bonds is 5. The molecule has 0 saturated carbocycles. The highest BCUT2D eigenvalue weighted by Crippen LogP contribution is 2.26. The van der Waals surface area contributed by atoms with Gasteiger partial charge in [-0.1, -0.05) is 6.07 Å². The van der Waals surface area contributed by atoms with Crippen LogP contribution in [0.1, 0.15) is 21.5 Å². The first-order valence-electron chi connectivity index (χ1n) is 7.62. The third-order valence-corrected chi connectivity index (χ3v) is 5.24. The number of benzene rings is 2. The van der Waals surface area contributed by atoms with Crippen LogP contribution in [0, 0.1) is 24.0 Å². The molecule has 0 aromatic heterocycles. The van der Waals surface area contributed by atoms with Crippen LogP contribution in [0.15, 0.2) is 36.4 Å². The first kappa shape index (κ1) is 19.4. The van der Waals surface area contributed by atoms with E-state index >= 15 is 0 Å². The van der Waals surface area contributed by atoms with Crippen LogP contribution in [-0.4, -0.2) is 32.6 Å². The Hall–Kier alpha value is -2.94. The number of carbonyl (C=O) groups excluding carboxylic acids is 1. The zero-order valence-electron chi connectivity index (χ0n) is 14.8. The number of sulfonamides is 1. The Bertz CT molecular complexity index is 986. The standard InChI is InChI=1S/C17H19N3O5S/c1-11-10-13(8-9-15(11)19(3)26(4,24)25)17(21)18-14-6-5-7-16(12(14)2)20(22)23/h5-10H,1-4H3,(H,18,21). The third-order valence-electron chi connectivity index (χ3n) is 4.05. The lowest BCUT2D eigenvalue weighted by Crippen LogP contribution is -2.25. The minimum Gasteiger partial charge on any atom is -0.321 e. The summed E-state index contributed by atoms with van der Waals surface area (Å²) in [4.78, 5) is 23.0. The van der Waals surface area contributed by atoms with E-state index in [0.29, 0.717) is 28.1 Å². The number of nitro groups is 1. The number of nitrogens with one attached hydrogen (secondary N) is 1. The van der Waals surface area contributed by atoms with Crippen molar-refractivity contribution in [2.24, 2.45) is 0 Å². The number of nitro benzene ring substituents is 1. The number of anilines is 2. The molecule has 0 saturated heterocycles. The molecule has 2 rings (SSSR count). The summed E-state index contributed by atoms with van der Waals surface area (Å²) < 4.78 is 24.5. The number of nitrogens with zero attached hydrogens (tertiary/aromatic N) is 2. The van der Waals surface area contributed by atoms with Crippen molar-refractivity contribution in [1.29, 1.82) is 0 Å². The number of aryl methyl sites for hydroxylation is 1. The zero-order chi connectivity index (χ0) is 19.6. The first-order valence-corrected chi connectivity index (χ1v) is 9.47. The smallest absolute Gasteiger partial charge is 0.274 e. The fraction of sp³-hybridized carbons (Fsp3) is 0.235. The maximum absolute atomic E-state index is 12.5. The van der Waals surface area contributed by atoms with E-state index in [1.165, 1.54) is 25.2 Å². The molecule has 8 nitrogen and oxygen atoms in total. The van der Waals surface area contributed by atoms with Crippen LogP contribution in [0.25, 0.3) is 0 Å². The Balaban J connectivity index is 2.31. The average molecular weight is 377 g/mol. The molecule has 9 heteroatoms. The van der Waals surface area contributed by atoms with Crippen LogP contribution >= 0.6 is 0 Å². The highest BCUT2D eigenvalue weighted by atomic mass is 32.2. The van der Waals surface area contributed by atoms with Gasteiger partial charge in [0.25, 0.3) is 11.6 Å². The maximum Gasteiger partial charge on any atom is 0.274 e. The molecule has 0 spiro atoms. The van der Waals surface area contributed by atoms with Gasteiger partial charge in [-0.2, -0.15) is 0 Å². The molecule has 0 atom stereocenters. The van der Waals surface area contributed by atoms with Crippen molar-refractivity contribution in [2.75, 3.05) is 22.9 Å². The molecule has 0 radical (unpaired) electrons. The van der Waals surface area contributed by atoms with Crippen LogP contribution in [0.3, 0.4) is 0 Å². The predicted octanol–water partition coefficient (Wildman–Crippen LogP) is 2.86. The van der Waals surface area contributed by atoms with Crippen molar-refractivity contribution in [2.45, 2.75) is 13.8 Å². The van der Waals surface area contributed by atoms with Gasteiger partial charge in [-0.3, -0.25) is 19.2 Å². The van der Waals surface area contributed by atoms with Gasteiger partial charge in [0.05, 0.1) is 28.1 Å². The summed E-state index contributed by atoms with van der Waals surface area (Å²) in [6.45, 7) is 3.26. The van der Waals surface area contributed by atoms with Crippen LogP contribution in [-0.2, 0) is 10.0 Å². The SMILES string of the molecule is Cc1cc(C(=O)Nc2cccc([N+](=O)[O-])c2C)ccc1N(C)S(C)(=O)=O. The summed E-state index contributed by atoms with van der Waals surface area (Å²) in [7, 11) is -1.98. The van der Waals surface area contributed by atoms with Gasteiger partial charge in [0.15, 0.2) is 0 Å². The fourth-order valence-corrected chi connectivity index (χ4v) is 3.04. The van der Waals surface area contributed by atoms with Gasteiger partial charge >= 0.3 is 0 Å². The molecule has 2 aromatic rings. The Morgan fingerprint density at radius 1 is 1.19 bits per heavy atom. The third kappa shape index (κ3) is 3.99. The lowest BCUT2D eigenvalue weighted by atomic mass is 10.1. The highest BCUT2D eigenvalue weighted by molar-refractivity contribution is 7.92. The van der Waals surface area contributed by atoms with E-state index in [1.807, 2.05) is 0 Å². The summed E-state index contributed by atoms with van der Waals surface area (Å²) in [5.74, 6) is -0.440. The van der Waals surface area contributed by atoms with Crippen molar-refractivity contribution in [3.05, 3.63) is 63.2 Å². The van der Waals surface area contributed by atoms with Crippen molar-refractivity contribution in [1.82, 2.24) is 0 Å². The Morgan fingerprint density at radius 3 is 2.38 bits per heavy atom. The van der Waals surface area contributed by atoms with Crippen LogP contribution < -0.4 is 9.62 Å². The van der Waals surface area contributed by atoms with E-state index in [4.69, 9.17) is 0 Å². The molecular weight excluding hydrogens is 358 g/mol. The Morgan fingerprint density at radius 2 is 1.85 bits per heavy atom. The van der Waals surface area contributed by atoms with Crippen LogP contribution in [0.5, 0.6) is 0 Å². The first-order chi connectivity index (χ1) is 12.0. The molecular formula is C17H19N3O5S. The van der Waals surface area contributed by atoms with E-state index in [0.717, 1.165) is 10.6 Å². The summed E-state index contributed by atoms with van der Waals surface area (Å²) in [5.41, 5.74) is 2.02. The van der Waals surface area contributed by atoms with Gasteiger partial charge in [0.2, 0.25) is 10.0 Å². The van der Waals surface area contributed by atoms with Gasteiger partial charge < -0.3 is 5.32 Å². The molecule has 26 heavy (non-hydrogen) atoms. The second-order valence-corrected chi connectivity index (χ2v) is 7.91. The quantitative estimate of drug-likeness (QED) is 0.636. The van der Waals surface area contributed by atoms with E-state index in [-0.39, 0.29) is 5.69 Å². The Labute approximate surface area is 151 Å². The number of amides is 1. The van der Waals surface area contributed by atoms with Gasteiger partial charge in [-0.15, -0.1) is 0 Å². The molecule has 0 bridgehead atoms. The lowest BCUT2D eigenvalue weighted by Gasteiger charge is -2.19. The fourth-order valence-electron chi connectivity index (χ4n) is 2.48. The molecule has 1 amide bonds. The molecule has 0 aliphatic rings. The van der Waals surface area contributed by atoms with Crippen molar-refractivity contribution in [3.63, 3.8) is 0 Å². The topological polar surface area (TPSA) is 110 Å². The highest BCUT2D eigenvalue weighted by Gasteiger charge is 2.18. The maximum atomic E-state index is 12.5. The van der Waals surface area contributed by atoms with E-state index in [1.54, 1.807) is 32.0 Å². The van der Waals surface area contributed by atoms with E-state index < -0.39 is 20.9 Å². The summed E-state index contributed by atoms with van der Waals surface area (Å²) in [6, 6.07) is 9.07. The molecule has 138 valence electrons. The summed E-state index contributed by atoms with van der Waals surface area (Å²) in [5, 5.41) is 13.6. The lowest BCUT2D eigenvalue weighted by molar-refractivity contribution is -0.385. The number of carbonyl (C=O) groups is 1. The summed E-state index contributed by atoms with van der Waals surface area (Å²) in [6.07, 6.45) is 1.10.